The van der Waals surface area contributed by atoms with Crippen LogP contribution in [0, 0.1) is 0 Å². The van der Waals surface area contributed by atoms with Gasteiger partial charge in [-0.05, 0) is 19.8 Å². The van der Waals surface area contributed by atoms with Crippen molar-refractivity contribution in [2.75, 3.05) is 18.1 Å². The molecule has 3 rings (SSSR count). The normalized spacial score (nSPS) is 18.7. The van der Waals surface area contributed by atoms with Gasteiger partial charge in [-0.25, -0.2) is 14.8 Å². The number of fused-ring (bicyclic) bond motifs is 1. The van der Waals surface area contributed by atoms with Gasteiger partial charge in [-0.3, -0.25) is 4.68 Å². The summed E-state index contributed by atoms with van der Waals surface area (Å²) in [6.45, 7) is 3.01. The van der Waals surface area contributed by atoms with E-state index >= 15 is 0 Å². The molecule has 20 heavy (non-hydrogen) atoms. The van der Waals surface area contributed by atoms with Crippen molar-refractivity contribution in [3.05, 3.63) is 12.5 Å². The zero-order valence-corrected chi connectivity index (χ0v) is 11.6. The van der Waals surface area contributed by atoms with E-state index in [0.717, 1.165) is 36.2 Å². The summed E-state index contributed by atoms with van der Waals surface area (Å²) in [5.74, 6) is 0.583. The molecule has 0 N–H and O–H groups in total. The van der Waals surface area contributed by atoms with Crippen molar-refractivity contribution in [1.82, 2.24) is 19.7 Å². The van der Waals surface area contributed by atoms with E-state index < -0.39 is 0 Å². The fourth-order valence-electron chi connectivity index (χ4n) is 2.68. The molecule has 1 saturated heterocycles. The molecule has 0 bridgehead atoms. The second-order valence-electron chi connectivity index (χ2n) is 4.81. The first kappa shape index (κ1) is 12.8. The number of carbonyl (C=O) groups excluding carboxylic acids is 1. The number of rotatable bonds is 3. The number of hydrogen-bond acceptors (Lipinski definition) is 6. The maximum absolute atomic E-state index is 12.0. The van der Waals surface area contributed by atoms with Crippen molar-refractivity contribution >= 4 is 22.8 Å². The summed E-state index contributed by atoms with van der Waals surface area (Å²) < 4.78 is 6.85. The Morgan fingerprint density at radius 2 is 2.35 bits per heavy atom. The van der Waals surface area contributed by atoms with Gasteiger partial charge in [-0.2, -0.15) is 5.10 Å². The lowest BCUT2D eigenvalue weighted by Crippen LogP contribution is -2.38. The van der Waals surface area contributed by atoms with Crippen LogP contribution in [-0.4, -0.2) is 44.9 Å². The monoisotopic (exact) mass is 275 g/mol. The molecule has 3 heterocycles. The van der Waals surface area contributed by atoms with Crippen LogP contribution in [0.5, 0.6) is 0 Å². The third-order valence-corrected chi connectivity index (χ3v) is 3.59. The molecule has 1 aliphatic heterocycles. The highest BCUT2D eigenvalue weighted by molar-refractivity contribution is 5.90. The van der Waals surface area contributed by atoms with E-state index in [1.54, 1.807) is 10.9 Å². The van der Waals surface area contributed by atoms with Crippen molar-refractivity contribution in [2.45, 2.75) is 25.8 Å². The number of nitrogens with zero attached hydrogens (tertiary/aromatic N) is 5. The van der Waals surface area contributed by atoms with E-state index in [-0.39, 0.29) is 12.0 Å². The van der Waals surface area contributed by atoms with Crippen LogP contribution in [0.4, 0.5) is 5.82 Å². The summed E-state index contributed by atoms with van der Waals surface area (Å²) in [5.41, 5.74) is 0.768. The molecule has 0 aliphatic carbocycles. The highest BCUT2D eigenvalue weighted by atomic mass is 16.5. The van der Waals surface area contributed by atoms with Crippen LogP contribution in [0.15, 0.2) is 12.5 Å². The van der Waals surface area contributed by atoms with Gasteiger partial charge in [-0.15, -0.1) is 0 Å². The Hall–Kier alpha value is -2.18. The van der Waals surface area contributed by atoms with Crippen molar-refractivity contribution in [2.24, 2.45) is 7.05 Å². The predicted molar refractivity (Wildman–Crippen MR) is 73.3 cm³/mol. The lowest BCUT2D eigenvalue weighted by Gasteiger charge is -2.24. The number of carbonyl (C=O) groups is 1. The summed E-state index contributed by atoms with van der Waals surface area (Å²) in [4.78, 5) is 22.6. The van der Waals surface area contributed by atoms with Crippen LogP contribution in [-0.2, 0) is 16.6 Å². The summed E-state index contributed by atoms with van der Waals surface area (Å²) in [6.07, 6.45) is 5.00. The smallest absolute Gasteiger partial charge is 0.328 e. The van der Waals surface area contributed by atoms with Crippen molar-refractivity contribution < 1.29 is 9.53 Å². The molecule has 0 aromatic carbocycles. The molecule has 0 spiro atoms. The minimum Gasteiger partial charge on any atom is -0.464 e. The van der Waals surface area contributed by atoms with Crippen LogP contribution in [0.2, 0.25) is 0 Å². The van der Waals surface area contributed by atoms with Crippen LogP contribution in [0.25, 0.3) is 11.0 Å². The summed E-state index contributed by atoms with van der Waals surface area (Å²) in [6, 6.07) is -0.256. The molecule has 1 atom stereocenters. The highest BCUT2D eigenvalue weighted by Gasteiger charge is 2.34. The predicted octanol–water partition coefficient (Wildman–Crippen LogP) is 0.895. The molecule has 0 radical (unpaired) electrons. The van der Waals surface area contributed by atoms with Crippen LogP contribution >= 0.6 is 0 Å². The molecule has 0 saturated carbocycles. The maximum atomic E-state index is 12.0. The first-order valence-electron chi connectivity index (χ1n) is 6.78. The molecular weight excluding hydrogens is 258 g/mol. The van der Waals surface area contributed by atoms with Crippen LogP contribution in [0.3, 0.4) is 0 Å². The first-order valence-corrected chi connectivity index (χ1v) is 6.78. The number of aryl methyl sites for hydroxylation is 1. The quantitative estimate of drug-likeness (QED) is 0.775. The Morgan fingerprint density at radius 3 is 3.15 bits per heavy atom. The van der Waals surface area contributed by atoms with Crippen molar-refractivity contribution in [1.29, 1.82) is 0 Å². The Bertz CT molecular complexity index is 639. The third-order valence-electron chi connectivity index (χ3n) is 3.59. The van der Waals surface area contributed by atoms with Crippen LogP contribution < -0.4 is 4.90 Å². The Labute approximate surface area is 116 Å². The standard InChI is InChI=1S/C13H17N5O2/c1-3-20-13(19)10-5-4-6-18(10)12-9-7-16-17(2)11(9)14-8-15-12/h7-8,10H,3-6H2,1-2H3. The minimum absolute atomic E-state index is 0.180. The van der Waals surface area contributed by atoms with E-state index in [1.165, 1.54) is 6.33 Å². The van der Waals surface area contributed by atoms with Gasteiger partial charge >= 0.3 is 5.97 Å². The van der Waals surface area contributed by atoms with Gasteiger partial charge in [0.05, 0.1) is 18.2 Å². The Morgan fingerprint density at radius 1 is 1.50 bits per heavy atom. The van der Waals surface area contributed by atoms with Crippen molar-refractivity contribution in [3.63, 3.8) is 0 Å². The molecule has 7 heteroatoms. The van der Waals surface area contributed by atoms with E-state index in [9.17, 15) is 4.79 Å². The van der Waals surface area contributed by atoms with Gasteiger partial charge in [0.1, 0.15) is 18.2 Å². The second-order valence-corrected chi connectivity index (χ2v) is 4.81. The molecular formula is C13H17N5O2. The fraction of sp³-hybridized carbons (Fsp3) is 0.538. The zero-order chi connectivity index (χ0) is 14.1. The number of ether oxygens (including phenoxy) is 1. The van der Waals surface area contributed by atoms with E-state index in [2.05, 4.69) is 15.1 Å². The lowest BCUT2D eigenvalue weighted by molar-refractivity contribution is -0.144. The summed E-state index contributed by atoms with van der Waals surface area (Å²) in [5, 5.41) is 5.07. The molecule has 2 aromatic rings. The second kappa shape index (κ2) is 5.07. The van der Waals surface area contributed by atoms with E-state index in [4.69, 9.17) is 4.74 Å². The lowest BCUT2D eigenvalue weighted by atomic mass is 10.2. The highest BCUT2D eigenvalue weighted by Crippen LogP contribution is 2.29. The Kier molecular flexibility index (Phi) is 3.25. The first-order chi connectivity index (χ1) is 9.72. The van der Waals surface area contributed by atoms with Gasteiger partial charge in [0, 0.05) is 13.6 Å². The summed E-state index contributed by atoms with van der Waals surface area (Å²) in [7, 11) is 1.84. The molecule has 106 valence electrons. The molecule has 1 unspecified atom stereocenters. The average molecular weight is 275 g/mol. The third kappa shape index (κ3) is 1.99. The number of anilines is 1. The van der Waals surface area contributed by atoms with Crippen molar-refractivity contribution in [3.8, 4) is 0 Å². The average Bonchev–Trinajstić information content (AvgIpc) is 3.06. The van der Waals surface area contributed by atoms with Gasteiger partial charge < -0.3 is 9.64 Å². The summed E-state index contributed by atoms with van der Waals surface area (Å²) >= 11 is 0. The number of aromatic nitrogens is 4. The topological polar surface area (TPSA) is 73.1 Å². The fourth-order valence-corrected chi connectivity index (χ4v) is 2.68. The van der Waals surface area contributed by atoms with E-state index in [1.807, 2.05) is 18.9 Å². The molecule has 1 fully saturated rings. The largest absolute Gasteiger partial charge is 0.464 e. The molecule has 7 nitrogen and oxygen atoms in total. The van der Waals surface area contributed by atoms with Gasteiger partial charge in [-0.1, -0.05) is 0 Å². The molecule has 1 aliphatic rings. The molecule has 0 amide bonds. The number of hydrogen-bond donors (Lipinski definition) is 0. The van der Waals surface area contributed by atoms with E-state index in [0.29, 0.717) is 6.61 Å². The minimum atomic E-state index is -0.256. The maximum Gasteiger partial charge on any atom is 0.328 e. The van der Waals surface area contributed by atoms with Gasteiger partial charge in [0.25, 0.3) is 0 Å². The van der Waals surface area contributed by atoms with Gasteiger partial charge in [0.2, 0.25) is 0 Å². The Balaban J connectivity index is 1.99. The SMILES string of the molecule is CCOC(=O)C1CCCN1c1ncnc2c1cnn2C. The number of esters is 1. The zero-order valence-electron chi connectivity index (χ0n) is 11.6. The van der Waals surface area contributed by atoms with Gasteiger partial charge in [0.15, 0.2) is 5.65 Å². The molecule has 2 aromatic heterocycles. The van der Waals surface area contributed by atoms with Crippen LogP contribution in [0.1, 0.15) is 19.8 Å².